The van der Waals surface area contributed by atoms with Crippen LogP contribution in [0.1, 0.15) is 0 Å². The Morgan fingerprint density at radius 2 is 0.825 bits per heavy atom. The van der Waals surface area contributed by atoms with Crippen molar-refractivity contribution >= 4 is 43.1 Å². The Hall–Kier alpha value is -5.27. The highest BCUT2D eigenvalue weighted by molar-refractivity contribution is 6.24. The summed E-state index contributed by atoms with van der Waals surface area (Å²) in [5.74, 6) is 0. The van der Waals surface area contributed by atoms with Crippen molar-refractivity contribution in [1.29, 1.82) is 0 Å². The van der Waals surface area contributed by atoms with Crippen LogP contribution in [0.5, 0.6) is 0 Å². The summed E-state index contributed by atoms with van der Waals surface area (Å²) < 4.78 is 0. The lowest BCUT2D eigenvalue weighted by molar-refractivity contribution is 1.33. The molecule has 0 bridgehead atoms. The van der Waals surface area contributed by atoms with Crippen molar-refractivity contribution in [2.24, 2.45) is 0 Å². The molecule has 8 aromatic rings. The van der Waals surface area contributed by atoms with Gasteiger partial charge >= 0.3 is 0 Å². The number of benzene rings is 7. The number of nitrogens with zero attached hydrogens (tertiary/aromatic N) is 1. The van der Waals surface area contributed by atoms with Crippen LogP contribution in [-0.4, -0.2) is 4.98 Å². The van der Waals surface area contributed by atoms with Gasteiger partial charge in [-0.05, 0) is 94.7 Å². The molecule has 0 aliphatic carbocycles. The van der Waals surface area contributed by atoms with E-state index in [9.17, 15) is 0 Å². The zero-order valence-corrected chi connectivity index (χ0v) is 21.9. The monoisotopic (exact) mass is 507 g/mol. The van der Waals surface area contributed by atoms with Crippen molar-refractivity contribution in [3.63, 3.8) is 0 Å². The molecule has 0 saturated carbocycles. The predicted octanol–water partition coefficient (Wildman–Crippen LogP) is 10.7. The molecular formula is C39H25N. The molecule has 0 unspecified atom stereocenters. The lowest BCUT2D eigenvalue weighted by Gasteiger charge is -2.20. The second-order valence-corrected chi connectivity index (χ2v) is 10.3. The SMILES string of the molecule is c1ccc2cc(-c3c4ccccc4c(-c4ccc(-c5ccncc5)c5ccccc45)c4ccccc34)ccc2c1. The molecule has 1 heteroatoms. The van der Waals surface area contributed by atoms with Gasteiger partial charge in [0.2, 0.25) is 0 Å². The Balaban J connectivity index is 1.48. The van der Waals surface area contributed by atoms with Gasteiger partial charge in [-0.25, -0.2) is 0 Å². The molecule has 0 aliphatic rings. The summed E-state index contributed by atoms with van der Waals surface area (Å²) in [7, 11) is 0. The number of pyridine rings is 1. The molecule has 0 N–H and O–H groups in total. The summed E-state index contributed by atoms with van der Waals surface area (Å²) in [6.45, 7) is 0. The number of hydrogen-bond donors (Lipinski definition) is 0. The molecule has 7 aromatic carbocycles. The van der Waals surface area contributed by atoms with Crippen molar-refractivity contribution in [3.8, 4) is 33.4 Å². The fourth-order valence-electron chi connectivity index (χ4n) is 6.37. The molecule has 1 heterocycles. The molecular weight excluding hydrogens is 482 g/mol. The first kappa shape index (κ1) is 22.7. The molecule has 0 aliphatic heterocycles. The van der Waals surface area contributed by atoms with E-state index in [4.69, 9.17) is 0 Å². The van der Waals surface area contributed by atoms with Gasteiger partial charge in [-0.2, -0.15) is 0 Å². The highest BCUT2D eigenvalue weighted by Crippen LogP contribution is 2.46. The number of fused-ring (bicyclic) bond motifs is 4. The minimum Gasteiger partial charge on any atom is -0.265 e. The van der Waals surface area contributed by atoms with E-state index in [2.05, 4.69) is 145 Å². The zero-order chi connectivity index (χ0) is 26.5. The molecule has 40 heavy (non-hydrogen) atoms. The molecule has 1 aromatic heterocycles. The fraction of sp³-hybridized carbons (Fsp3) is 0. The Morgan fingerprint density at radius 3 is 1.48 bits per heavy atom. The van der Waals surface area contributed by atoms with Crippen LogP contribution in [0.3, 0.4) is 0 Å². The second kappa shape index (κ2) is 9.18. The first-order chi connectivity index (χ1) is 19.9. The maximum atomic E-state index is 4.23. The molecule has 0 fully saturated rings. The largest absolute Gasteiger partial charge is 0.265 e. The second-order valence-electron chi connectivity index (χ2n) is 10.3. The van der Waals surface area contributed by atoms with Crippen LogP contribution < -0.4 is 0 Å². The summed E-state index contributed by atoms with van der Waals surface area (Å²) in [6.07, 6.45) is 3.73. The Kier molecular flexibility index (Phi) is 5.21. The van der Waals surface area contributed by atoms with Crippen molar-refractivity contribution in [1.82, 2.24) is 4.98 Å². The van der Waals surface area contributed by atoms with E-state index >= 15 is 0 Å². The van der Waals surface area contributed by atoms with Crippen LogP contribution in [0.4, 0.5) is 0 Å². The lowest BCUT2D eigenvalue weighted by Crippen LogP contribution is -1.92. The lowest BCUT2D eigenvalue weighted by atomic mass is 9.83. The molecule has 186 valence electrons. The highest BCUT2D eigenvalue weighted by Gasteiger charge is 2.19. The van der Waals surface area contributed by atoms with Crippen molar-refractivity contribution in [3.05, 3.63) is 152 Å². The Bertz CT molecular complexity index is 2150. The standard InChI is InChI=1S/C39H25N/c1-2-10-28-25-29(18-17-26(28)9-1)38-33-13-5-7-15-35(33)39(36-16-8-6-14-34(36)38)37-20-19-30(27-21-23-40-24-22-27)31-11-3-4-12-32(31)37/h1-25H. The Morgan fingerprint density at radius 1 is 0.325 bits per heavy atom. The normalized spacial score (nSPS) is 11.5. The van der Waals surface area contributed by atoms with E-state index in [-0.39, 0.29) is 0 Å². The van der Waals surface area contributed by atoms with E-state index < -0.39 is 0 Å². The van der Waals surface area contributed by atoms with Crippen LogP contribution in [0.25, 0.3) is 76.5 Å². The van der Waals surface area contributed by atoms with Crippen molar-refractivity contribution < 1.29 is 0 Å². The van der Waals surface area contributed by atoms with Crippen molar-refractivity contribution in [2.75, 3.05) is 0 Å². The van der Waals surface area contributed by atoms with Crippen LogP contribution in [0.15, 0.2) is 152 Å². The minimum atomic E-state index is 1.18. The highest BCUT2D eigenvalue weighted by atomic mass is 14.6. The average Bonchev–Trinajstić information content (AvgIpc) is 3.03. The molecule has 0 spiro atoms. The van der Waals surface area contributed by atoms with Crippen LogP contribution in [-0.2, 0) is 0 Å². The van der Waals surface area contributed by atoms with E-state index in [1.54, 1.807) is 0 Å². The van der Waals surface area contributed by atoms with E-state index in [0.29, 0.717) is 0 Å². The van der Waals surface area contributed by atoms with Crippen LogP contribution >= 0.6 is 0 Å². The van der Waals surface area contributed by atoms with Gasteiger partial charge in [0.1, 0.15) is 0 Å². The molecule has 0 radical (unpaired) electrons. The number of rotatable bonds is 3. The average molecular weight is 508 g/mol. The third-order valence-electron chi connectivity index (χ3n) is 8.15. The van der Waals surface area contributed by atoms with Gasteiger partial charge in [0.25, 0.3) is 0 Å². The van der Waals surface area contributed by atoms with E-state index in [1.165, 1.54) is 76.5 Å². The van der Waals surface area contributed by atoms with Gasteiger partial charge in [-0.1, -0.05) is 121 Å². The van der Waals surface area contributed by atoms with Gasteiger partial charge in [0.05, 0.1) is 0 Å². The van der Waals surface area contributed by atoms with Crippen LogP contribution in [0, 0.1) is 0 Å². The van der Waals surface area contributed by atoms with Gasteiger partial charge in [0.15, 0.2) is 0 Å². The predicted molar refractivity (Wildman–Crippen MR) is 171 cm³/mol. The zero-order valence-electron chi connectivity index (χ0n) is 21.9. The quantitative estimate of drug-likeness (QED) is 0.217. The van der Waals surface area contributed by atoms with E-state index in [1.807, 2.05) is 12.4 Å². The summed E-state index contributed by atoms with van der Waals surface area (Å²) >= 11 is 0. The smallest absolute Gasteiger partial charge is 0.0273 e. The molecule has 8 rings (SSSR count). The fourth-order valence-corrected chi connectivity index (χ4v) is 6.37. The van der Waals surface area contributed by atoms with Gasteiger partial charge < -0.3 is 0 Å². The van der Waals surface area contributed by atoms with Gasteiger partial charge in [0, 0.05) is 12.4 Å². The number of hydrogen-bond acceptors (Lipinski definition) is 1. The first-order valence-corrected chi connectivity index (χ1v) is 13.7. The molecule has 0 saturated heterocycles. The summed E-state index contributed by atoms with van der Waals surface area (Å²) in [5, 5.41) is 10.1. The van der Waals surface area contributed by atoms with Gasteiger partial charge in [-0.15, -0.1) is 0 Å². The maximum absolute atomic E-state index is 4.23. The minimum absolute atomic E-state index is 1.18. The summed E-state index contributed by atoms with van der Waals surface area (Å²) in [6, 6.07) is 50.8. The number of aromatic nitrogens is 1. The third-order valence-corrected chi connectivity index (χ3v) is 8.15. The molecule has 0 amide bonds. The van der Waals surface area contributed by atoms with Gasteiger partial charge in [-0.3, -0.25) is 4.98 Å². The summed E-state index contributed by atoms with van der Waals surface area (Å²) in [5.41, 5.74) is 7.48. The molecule has 1 nitrogen and oxygen atoms in total. The molecule has 0 atom stereocenters. The van der Waals surface area contributed by atoms with E-state index in [0.717, 1.165) is 0 Å². The maximum Gasteiger partial charge on any atom is 0.0273 e. The Labute approximate surface area is 233 Å². The topological polar surface area (TPSA) is 12.9 Å². The van der Waals surface area contributed by atoms with Crippen LogP contribution in [0.2, 0.25) is 0 Å². The summed E-state index contributed by atoms with van der Waals surface area (Å²) in [4.78, 5) is 4.23. The van der Waals surface area contributed by atoms with Crippen molar-refractivity contribution in [2.45, 2.75) is 0 Å². The third kappa shape index (κ3) is 3.52. The first-order valence-electron chi connectivity index (χ1n) is 13.7.